The molecule has 186 valence electrons. The highest BCUT2D eigenvalue weighted by atomic mass is 35.5. The summed E-state index contributed by atoms with van der Waals surface area (Å²) in [6.45, 7) is 6.92. The number of benzene rings is 3. The number of ketones is 1. The summed E-state index contributed by atoms with van der Waals surface area (Å²) in [6, 6.07) is 19.9. The SMILES string of the molecule is CCOc1cccc(C2/C(=C(\O)c3cccc(OCC(C)C)c3)C(=O)C(=O)N2c2cccc(Cl)c2)c1. The van der Waals surface area contributed by atoms with E-state index in [0.717, 1.165) is 0 Å². The predicted octanol–water partition coefficient (Wildman–Crippen LogP) is 6.40. The molecule has 1 aliphatic rings. The van der Waals surface area contributed by atoms with E-state index in [1.54, 1.807) is 72.8 Å². The Labute approximate surface area is 215 Å². The first-order chi connectivity index (χ1) is 17.3. The lowest BCUT2D eigenvalue weighted by atomic mass is 9.95. The highest BCUT2D eigenvalue weighted by Crippen LogP contribution is 2.43. The number of halogens is 1. The van der Waals surface area contributed by atoms with Crippen LogP contribution in [0.15, 0.2) is 78.4 Å². The van der Waals surface area contributed by atoms with Crippen molar-refractivity contribution >= 4 is 34.7 Å². The normalized spacial score (nSPS) is 17.0. The molecule has 0 radical (unpaired) electrons. The summed E-state index contributed by atoms with van der Waals surface area (Å²) in [6.07, 6.45) is 0. The monoisotopic (exact) mass is 505 g/mol. The molecule has 1 heterocycles. The van der Waals surface area contributed by atoms with Gasteiger partial charge in [0, 0.05) is 16.3 Å². The van der Waals surface area contributed by atoms with Crippen molar-refractivity contribution in [3.63, 3.8) is 0 Å². The van der Waals surface area contributed by atoms with Crippen molar-refractivity contribution < 1.29 is 24.2 Å². The molecule has 1 fully saturated rings. The molecule has 36 heavy (non-hydrogen) atoms. The van der Waals surface area contributed by atoms with E-state index < -0.39 is 17.7 Å². The van der Waals surface area contributed by atoms with Crippen molar-refractivity contribution in [2.45, 2.75) is 26.8 Å². The Hall–Kier alpha value is -3.77. The highest BCUT2D eigenvalue weighted by Gasteiger charge is 2.47. The number of aliphatic hydroxyl groups is 1. The van der Waals surface area contributed by atoms with Crippen molar-refractivity contribution in [2.75, 3.05) is 18.1 Å². The van der Waals surface area contributed by atoms with Crippen LogP contribution in [0.2, 0.25) is 5.02 Å². The average Bonchev–Trinajstić information content (AvgIpc) is 3.13. The summed E-state index contributed by atoms with van der Waals surface area (Å²) < 4.78 is 11.5. The fourth-order valence-corrected chi connectivity index (χ4v) is 4.32. The van der Waals surface area contributed by atoms with Crippen molar-refractivity contribution in [3.8, 4) is 11.5 Å². The van der Waals surface area contributed by atoms with Gasteiger partial charge in [-0.05, 0) is 60.9 Å². The smallest absolute Gasteiger partial charge is 0.300 e. The molecule has 0 bridgehead atoms. The van der Waals surface area contributed by atoms with Gasteiger partial charge in [-0.1, -0.05) is 55.8 Å². The van der Waals surface area contributed by atoms with E-state index in [1.807, 2.05) is 20.8 Å². The van der Waals surface area contributed by atoms with Gasteiger partial charge < -0.3 is 14.6 Å². The maximum absolute atomic E-state index is 13.4. The standard InChI is InChI=1S/C29H28ClNO5/c1-4-35-23-12-5-8-19(14-23)26-25(27(32)20-9-6-13-24(15-20)36-17-18(2)3)28(33)29(34)31(26)22-11-7-10-21(30)16-22/h5-16,18,26,32H,4,17H2,1-3H3/b27-25+. The Morgan fingerprint density at radius 1 is 0.972 bits per heavy atom. The van der Waals surface area contributed by atoms with Gasteiger partial charge in [0.25, 0.3) is 11.7 Å². The minimum Gasteiger partial charge on any atom is -0.507 e. The van der Waals surface area contributed by atoms with Crippen LogP contribution in [0.5, 0.6) is 11.5 Å². The van der Waals surface area contributed by atoms with E-state index in [2.05, 4.69) is 0 Å². The lowest BCUT2D eigenvalue weighted by Crippen LogP contribution is -2.29. The maximum atomic E-state index is 13.4. The lowest BCUT2D eigenvalue weighted by Gasteiger charge is -2.26. The third-order valence-corrected chi connectivity index (χ3v) is 5.94. The van der Waals surface area contributed by atoms with E-state index in [9.17, 15) is 14.7 Å². The molecule has 1 aliphatic heterocycles. The second kappa shape index (κ2) is 10.9. The fraction of sp³-hybridized carbons (Fsp3) is 0.241. The first kappa shape index (κ1) is 25.3. The van der Waals surface area contributed by atoms with Crippen molar-refractivity contribution in [1.82, 2.24) is 0 Å². The molecule has 1 saturated heterocycles. The van der Waals surface area contributed by atoms with Crippen molar-refractivity contribution in [3.05, 3.63) is 94.5 Å². The van der Waals surface area contributed by atoms with Crippen LogP contribution < -0.4 is 14.4 Å². The summed E-state index contributed by atoms with van der Waals surface area (Å²) >= 11 is 6.21. The van der Waals surface area contributed by atoms with Gasteiger partial charge in [0.2, 0.25) is 0 Å². The van der Waals surface area contributed by atoms with Gasteiger partial charge in [0.05, 0.1) is 24.8 Å². The number of aliphatic hydroxyl groups excluding tert-OH is 1. The number of hydrogen-bond acceptors (Lipinski definition) is 5. The third kappa shape index (κ3) is 5.24. The molecule has 1 N–H and O–H groups in total. The van der Waals surface area contributed by atoms with Gasteiger partial charge in [0.1, 0.15) is 17.3 Å². The zero-order valence-electron chi connectivity index (χ0n) is 20.4. The number of carbonyl (C=O) groups excluding carboxylic acids is 2. The predicted molar refractivity (Wildman–Crippen MR) is 141 cm³/mol. The quantitative estimate of drug-likeness (QED) is 0.218. The minimum absolute atomic E-state index is 0.0189. The Kier molecular flexibility index (Phi) is 7.65. The van der Waals surface area contributed by atoms with E-state index in [0.29, 0.717) is 52.5 Å². The van der Waals surface area contributed by atoms with Crippen LogP contribution >= 0.6 is 11.6 Å². The van der Waals surface area contributed by atoms with Gasteiger partial charge in [-0.15, -0.1) is 0 Å². The Bertz CT molecular complexity index is 1320. The Balaban J connectivity index is 1.88. The summed E-state index contributed by atoms with van der Waals surface area (Å²) in [7, 11) is 0. The fourth-order valence-electron chi connectivity index (χ4n) is 4.13. The number of Topliss-reactive ketones (excluding diaryl/α,β-unsaturated/α-hetero) is 1. The van der Waals surface area contributed by atoms with Gasteiger partial charge in [-0.25, -0.2) is 0 Å². The molecule has 1 unspecified atom stereocenters. The second-order valence-electron chi connectivity index (χ2n) is 8.89. The van der Waals surface area contributed by atoms with Crippen LogP contribution in [0.3, 0.4) is 0 Å². The molecular formula is C29H28ClNO5. The number of anilines is 1. The number of rotatable bonds is 8. The van der Waals surface area contributed by atoms with Crippen molar-refractivity contribution in [2.24, 2.45) is 5.92 Å². The molecular weight excluding hydrogens is 478 g/mol. The van der Waals surface area contributed by atoms with E-state index in [-0.39, 0.29) is 11.3 Å². The van der Waals surface area contributed by atoms with E-state index in [4.69, 9.17) is 21.1 Å². The Morgan fingerprint density at radius 3 is 2.36 bits per heavy atom. The van der Waals surface area contributed by atoms with Gasteiger partial charge in [-0.3, -0.25) is 14.5 Å². The van der Waals surface area contributed by atoms with Crippen LogP contribution in [0, 0.1) is 5.92 Å². The molecule has 7 heteroatoms. The molecule has 1 atom stereocenters. The molecule has 6 nitrogen and oxygen atoms in total. The molecule has 0 aliphatic carbocycles. The molecule has 1 amide bonds. The molecule has 3 aromatic carbocycles. The highest BCUT2D eigenvalue weighted by molar-refractivity contribution is 6.51. The minimum atomic E-state index is -0.885. The van der Waals surface area contributed by atoms with Crippen LogP contribution in [0.4, 0.5) is 5.69 Å². The second-order valence-corrected chi connectivity index (χ2v) is 9.32. The average molecular weight is 506 g/mol. The zero-order valence-corrected chi connectivity index (χ0v) is 21.2. The summed E-state index contributed by atoms with van der Waals surface area (Å²) in [5, 5.41) is 11.8. The van der Waals surface area contributed by atoms with Crippen LogP contribution in [0.25, 0.3) is 5.76 Å². The van der Waals surface area contributed by atoms with Gasteiger partial charge in [-0.2, -0.15) is 0 Å². The number of hydrogen-bond donors (Lipinski definition) is 1. The van der Waals surface area contributed by atoms with Crippen molar-refractivity contribution in [1.29, 1.82) is 0 Å². The molecule has 3 aromatic rings. The molecule has 0 saturated carbocycles. The van der Waals surface area contributed by atoms with Gasteiger partial charge >= 0.3 is 0 Å². The first-order valence-corrected chi connectivity index (χ1v) is 12.2. The van der Waals surface area contributed by atoms with Gasteiger partial charge in [0.15, 0.2) is 0 Å². The molecule has 4 rings (SSSR count). The maximum Gasteiger partial charge on any atom is 0.300 e. The Morgan fingerprint density at radius 2 is 1.67 bits per heavy atom. The summed E-state index contributed by atoms with van der Waals surface area (Å²) in [4.78, 5) is 28.1. The topological polar surface area (TPSA) is 76.1 Å². The largest absolute Gasteiger partial charge is 0.507 e. The first-order valence-electron chi connectivity index (χ1n) is 11.8. The van der Waals surface area contributed by atoms with E-state index >= 15 is 0 Å². The third-order valence-electron chi connectivity index (χ3n) is 5.71. The lowest BCUT2D eigenvalue weighted by molar-refractivity contribution is -0.132. The molecule has 0 aromatic heterocycles. The summed E-state index contributed by atoms with van der Waals surface area (Å²) in [5.74, 6) is -0.337. The zero-order chi connectivity index (χ0) is 25.8. The van der Waals surface area contributed by atoms with Crippen LogP contribution in [-0.2, 0) is 9.59 Å². The number of carbonyl (C=O) groups is 2. The number of amides is 1. The van der Waals surface area contributed by atoms with E-state index in [1.165, 1.54) is 4.90 Å². The summed E-state index contributed by atoms with van der Waals surface area (Å²) in [5.41, 5.74) is 1.43. The van der Waals surface area contributed by atoms with Crippen LogP contribution in [-0.4, -0.2) is 30.0 Å². The number of ether oxygens (including phenoxy) is 2. The van der Waals surface area contributed by atoms with Crippen LogP contribution in [0.1, 0.15) is 37.9 Å². The number of nitrogens with zero attached hydrogens (tertiary/aromatic N) is 1. The molecule has 0 spiro atoms.